The van der Waals surface area contributed by atoms with E-state index in [2.05, 4.69) is 25.0 Å². The Morgan fingerprint density at radius 3 is 2.68 bits per heavy atom. The number of likely N-dealkylation sites (tertiary alicyclic amines) is 2. The lowest BCUT2D eigenvalue weighted by atomic mass is 9.95. The molecule has 2 aliphatic rings. The van der Waals surface area contributed by atoms with Crippen LogP contribution in [0.1, 0.15) is 28.5 Å². The Morgan fingerprint density at radius 1 is 1.11 bits per heavy atom. The van der Waals surface area contributed by atoms with Crippen molar-refractivity contribution in [3.63, 3.8) is 0 Å². The van der Waals surface area contributed by atoms with E-state index in [4.69, 9.17) is 0 Å². The van der Waals surface area contributed by atoms with Crippen molar-refractivity contribution >= 4 is 16.9 Å². The number of hydrogen-bond donors (Lipinski definition) is 1. The van der Waals surface area contributed by atoms with Gasteiger partial charge >= 0.3 is 6.18 Å². The van der Waals surface area contributed by atoms with E-state index in [-0.39, 0.29) is 25.6 Å². The molecular weight excluding hydrogens is 511 g/mol. The van der Waals surface area contributed by atoms with Crippen LogP contribution in [0.25, 0.3) is 22.3 Å². The number of H-pyrrole nitrogens is 1. The number of fused-ring (bicyclic) bond motifs is 1. The summed E-state index contributed by atoms with van der Waals surface area (Å²) in [5.41, 5.74) is -0.211. The molecule has 2 saturated heterocycles. The minimum absolute atomic E-state index is 0.0332. The van der Waals surface area contributed by atoms with E-state index in [1.165, 1.54) is 6.33 Å². The van der Waals surface area contributed by atoms with Gasteiger partial charge in [-0.1, -0.05) is 0 Å². The number of amides is 1. The number of halogens is 5. The maximum absolute atomic E-state index is 15.1. The Balaban J connectivity index is 1.08. The quantitative estimate of drug-likeness (QED) is 0.405. The Morgan fingerprint density at radius 2 is 1.92 bits per heavy atom. The molecule has 4 aromatic heterocycles. The first kappa shape index (κ1) is 24.4. The van der Waals surface area contributed by atoms with Crippen LogP contribution in [0.5, 0.6) is 0 Å². The number of nitrogens with one attached hydrogen (secondary N) is 1. The summed E-state index contributed by atoms with van der Waals surface area (Å²) in [6, 6.07) is 2.35. The maximum atomic E-state index is 15.1. The van der Waals surface area contributed by atoms with Gasteiger partial charge in [-0.25, -0.2) is 23.7 Å². The van der Waals surface area contributed by atoms with Crippen molar-refractivity contribution in [2.45, 2.75) is 30.9 Å². The van der Waals surface area contributed by atoms with Crippen LogP contribution in [0.2, 0.25) is 0 Å². The molecule has 0 radical (unpaired) electrons. The summed E-state index contributed by atoms with van der Waals surface area (Å²) in [6.07, 6.45) is 1.41. The standard InChI is InChI=1S/C24H21F5N8O/c25-17-11-35(23(38)15-1-4-30-21(19(15)26)24(27,28)29)6-3-18(17)36-9-14(10-36)37-8-13(7-34-37)20-16-2-5-31-22(16)33-12-32-20/h1-2,4-5,7-8,12,14,17-18H,3,6,9-11H2,(H,31,32,33)/t17-,18+/m0/s1. The van der Waals surface area contributed by atoms with E-state index in [0.29, 0.717) is 13.1 Å². The zero-order valence-electron chi connectivity index (χ0n) is 19.7. The van der Waals surface area contributed by atoms with Gasteiger partial charge in [-0.3, -0.25) is 14.4 Å². The maximum Gasteiger partial charge on any atom is 0.436 e. The summed E-state index contributed by atoms with van der Waals surface area (Å²) < 4.78 is 70.2. The first-order valence-corrected chi connectivity index (χ1v) is 11.9. The summed E-state index contributed by atoms with van der Waals surface area (Å²) in [5.74, 6) is -2.73. The van der Waals surface area contributed by atoms with E-state index in [1.54, 1.807) is 12.4 Å². The van der Waals surface area contributed by atoms with E-state index in [0.717, 1.165) is 39.5 Å². The summed E-state index contributed by atoms with van der Waals surface area (Å²) in [7, 11) is 0. The molecular formula is C24H21F5N8O. The molecule has 0 bridgehead atoms. The SMILES string of the molecule is O=C(c1ccnc(C(F)(F)F)c1F)N1CC[C@@H](N2CC(n3cc(-c4ncnc5[nH]ccc45)cn3)C2)[C@@H](F)C1. The molecule has 38 heavy (non-hydrogen) atoms. The second kappa shape index (κ2) is 9.11. The van der Waals surface area contributed by atoms with Crippen LogP contribution in [0.4, 0.5) is 22.0 Å². The number of piperidine rings is 1. The Kier molecular flexibility index (Phi) is 5.85. The van der Waals surface area contributed by atoms with Gasteiger partial charge in [-0.05, 0) is 18.6 Å². The minimum atomic E-state index is -5.04. The van der Waals surface area contributed by atoms with E-state index in [9.17, 15) is 22.4 Å². The van der Waals surface area contributed by atoms with Crippen molar-refractivity contribution in [2.75, 3.05) is 26.2 Å². The number of carbonyl (C=O) groups excluding carboxylic acids is 1. The van der Waals surface area contributed by atoms with Gasteiger partial charge in [-0.15, -0.1) is 0 Å². The molecule has 14 heteroatoms. The lowest BCUT2D eigenvalue weighted by molar-refractivity contribution is -0.143. The average Bonchev–Trinajstić information content (AvgIpc) is 3.53. The van der Waals surface area contributed by atoms with Crippen LogP contribution < -0.4 is 0 Å². The van der Waals surface area contributed by atoms with Crippen LogP contribution in [0, 0.1) is 5.82 Å². The number of nitrogens with zero attached hydrogens (tertiary/aromatic N) is 7. The van der Waals surface area contributed by atoms with Crippen molar-refractivity contribution in [1.82, 2.24) is 39.5 Å². The topological polar surface area (TPSA) is 95.8 Å². The van der Waals surface area contributed by atoms with Crippen LogP contribution in [0.15, 0.2) is 43.2 Å². The number of hydrogen-bond acceptors (Lipinski definition) is 6. The van der Waals surface area contributed by atoms with Gasteiger partial charge in [0.05, 0.1) is 30.0 Å². The van der Waals surface area contributed by atoms with Crippen molar-refractivity contribution in [1.29, 1.82) is 0 Å². The van der Waals surface area contributed by atoms with Crippen molar-refractivity contribution in [3.8, 4) is 11.3 Å². The number of alkyl halides is 4. The van der Waals surface area contributed by atoms with Crippen LogP contribution >= 0.6 is 0 Å². The molecule has 2 atom stereocenters. The fraction of sp³-hybridized carbons (Fsp3) is 0.375. The average molecular weight is 532 g/mol. The zero-order valence-corrected chi connectivity index (χ0v) is 19.7. The van der Waals surface area contributed by atoms with E-state index in [1.807, 2.05) is 21.8 Å². The molecule has 1 N–H and O–H groups in total. The Labute approximate surface area is 212 Å². The molecule has 1 amide bonds. The summed E-state index contributed by atoms with van der Waals surface area (Å²) in [6.45, 7) is 0.870. The third-order valence-electron chi connectivity index (χ3n) is 7.14. The molecule has 6 heterocycles. The van der Waals surface area contributed by atoms with Gasteiger partial charge in [0.1, 0.15) is 18.1 Å². The van der Waals surface area contributed by atoms with Gasteiger partial charge in [-0.2, -0.15) is 18.3 Å². The molecule has 4 aromatic rings. The van der Waals surface area contributed by atoms with Crippen LogP contribution in [-0.2, 0) is 6.18 Å². The van der Waals surface area contributed by atoms with Crippen molar-refractivity contribution in [2.24, 2.45) is 0 Å². The predicted octanol–water partition coefficient (Wildman–Crippen LogP) is 3.48. The zero-order chi connectivity index (χ0) is 26.6. The fourth-order valence-corrected chi connectivity index (χ4v) is 5.15. The highest BCUT2D eigenvalue weighted by Crippen LogP contribution is 2.33. The lowest BCUT2D eigenvalue weighted by Crippen LogP contribution is -2.60. The van der Waals surface area contributed by atoms with Gasteiger partial charge < -0.3 is 9.88 Å². The molecule has 9 nitrogen and oxygen atoms in total. The number of carbonyl (C=O) groups is 1. The highest BCUT2D eigenvalue weighted by Gasteiger charge is 2.43. The Hall–Kier alpha value is -3.94. The van der Waals surface area contributed by atoms with E-state index >= 15 is 4.39 Å². The predicted molar refractivity (Wildman–Crippen MR) is 124 cm³/mol. The molecule has 6 rings (SSSR count). The van der Waals surface area contributed by atoms with Crippen LogP contribution in [-0.4, -0.2) is 83.8 Å². The van der Waals surface area contributed by atoms with Gasteiger partial charge in [0.2, 0.25) is 0 Å². The number of pyridine rings is 1. The highest BCUT2D eigenvalue weighted by molar-refractivity contribution is 5.94. The van der Waals surface area contributed by atoms with Gasteiger partial charge in [0.25, 0.3) is 5.91 Å². The molecule has 0 aromatic carbocycles. The third-order valence-corrected chi connectivity index (χ3v) is 7.14. The molecule has 2 aliphatic heterocycles. The summed E-state index contributed by atoms with van der Waals surface area (Å²) in [5, 5.41) is 5.34. The summed E-state index contributed by atoms with van der Waals surface area (Å²) in [4.78, 5) is 30.3. The second-order valence-electron chi connectivity index (χ2n) is 9.42. The Bertz CT molecular complexity index is 1490. The minimum Gasteiger partial charge on any atom is -0.346 e. The summed E-state index contributed by atoms with van der Waals surface area (Å²) >= 11 is 0. The van der Waals surface area contributed by atoms with E-state index < -0.39 is 41.4 Å². The number of aromatic amines is 1. The number of aromatic nitrogens is 6. The molecule has 0 aliphatic carbocycles. The molecule has 198 valence electrons. The van der Waals surface area contributed by atoms with Crippen LogP contribution in [0.3, 0.4) is 0 Å². The number of rotatable bonds is 4. The third kappa shape index (κ3) is 4.18. The molecule has 0 saturated carbocycles. The fourth-order valence-electron chi connectivity index (χ4n) is 5.15. The van der Waals surface area contributed by atoms with Gasteiger partial charge in [0.15, 0.2) is 11.5 Å². The molecule has 0 unspecified atom stereocenters. The first-order valence-electron chi connectivity index (χ1n) is 11.9. The monoisotopic (exact) mass is 532 g/mol. The van der Waals surface area contributed by atoms with Gasteiger partial charge in [0, 0.05) is 55.2 Å². The largest absolute Gasteiger partial charge is 0.436 e. The van der Waals surface area contributed by atoms with Crippen molar-refractivity contribution < 1.29 is 26.7 Å². The first-order chi connectivity index (χ1) is 18.2. The molecule has 2 fully saturated rings. The normalized spacial score (nSPS) is 21.1. The van der Waals surface area contributed by atoms with Crippen molar-refractivity contribution in [3.05, 3.63) is 60.3 Å². The second-order valence-corrected chi connectivity index (χ2v) is 9.42. The smallest absolute Gasteiger partial charge is 0.346 e. The highest BCUT2D eigenvalue weighted by atomic mass is 19.4. The molecule has 0 spiro atoms. The lowest BCUT2D eigenvalue weighted by Gasteiger charge is -2.48.